The second-order valence-electron chi connectivity index (χ2n) is 2.77. The van der Waals surface area contributed by atoms with Crippen molar-refractivity contribution in [1.29, 1.82) is 0 Å². The number of rotatable bonds is 7. The molecule has 4 heteroatoms. The van der Waals surface area contributed by atoms with Crippen molar-refractivity contribution in [1.82, 2.24) is 10.6 Å². The van der Waals surface area contributed by atoms with Gasteiger partial charge in [0.25, 0.3) is 0 Å². The Kier molecular flexibility index (Phi) is 7.20. The topological polar surface area (TPSA) is 58.2 Å². The lowest BCUT2D eigenvalue weighted by atomic mass is 10.2. The van der Waals surface area contributed by atoms with Crippen LogP contribution in [0.2, 0.25) is 0 Å². The van der Waals surface area contributed by atoms with Crippen LogP contribution in [0.3, 0.4) is 0 Å². The minimum atomic E-state index is -0.0502. The molecule has 0 fully saturated rings. The summed E-state index contributed by atoms with van der Waals surface area (Å²) in [6.45, 7) is 5.33. The first-order valence-corrected chi connectivity index (χ1v) is 4.69. The van der Waals surface area contributed by atoms with Gasteiger partial charge in [-0.2, -0.15) is 0 Å². The quantitative estimate of drug-likeness (QED) is 0.592. The number of ketones is 1. The van der Waals surface area contributed by atoms with Gasteiger partial charge in [0.1, 0.15) is 5.78 Å². The molecule has 0 aliphatic heterocycles. The maximum atomic E-state index is 11.0. The van der Waals surface area contributed by atoms with E-state index >= 15 is 0 Å². The summed E-state index contributed by atoms with van der Waals surface area (Å²) in [5, 5.41) is 5.56. The van der Waals surface area contributed by atoms with Crippen molar-refractivity contribution in [2.75, 3.05) is 19.6 Å². The number of amides is 1. The molecular formula is C9H18N2O2. The van der Waals surface area contributed by atoms with Crippen LogP contribution >= 0.6 is 0 Å². The van der Waals surface area contributed by atoms with Crippen LogP contribution in [0.5, 0.6) is 0 Å². The van der Waals surface area contributed by atoms with E-state index in [1.165, 1.54) is 0 Å². The van der Waals surface area contributed by atoms with Crippen molar-refractivity contribution in [3.05, 3.63) is 0 Å². The van der Waals surface area contributed by atoms with Crippen molar-refractivity contribution >= 4 is 11.7 Å². The van der Waals surface area contributed by atoms with Crippen molar-refractivity contribution < 1.29 is 9.59 Å². The molecule has 0 unspecified atom stereocenters. The molecule has 0 aromatic carbocycles. The summed E-state index contributed by atoms with van der Waals surface area (Å²) in [5.41, 5.74) is 0. The zero-order valence-corrected chi connectivity index (χ0v) is 8.35. The Morgan fingerprint density at radius 2 is 1.92 bits per heavy atom. The molecule has 0 saturated heterocycles. The first kappa shape index (κ1) is 12.1. The molecule has 1 amide bonds. The van der Waals surface area contributed by atoms with Crippen molar-refractivity contribution in [2.24, 2.45) is 0 Å². The van der Waals surface area contributed by atoms with Gasteiger partial charge in [-0.05, 0) is 6.54 Å². The number of Topliss-reactive ketones (excluding diaryl/α,β-unsaturated/α-hetero) is 1. The highest BCUT2D eigenvalue weighted by Gasteiger charge is 2.01. The number of hydrogen-bond acceptors (Lipinski definition) is 3. The zero-order valence-electron chi connectivity index (χ0n) is 8.35. The summed E-state index contributed by atoms with van der Waals surface area (Å²) >= 11 is 0. The highest BCUT2D eigenvalue weighted by Crippen LogP contribution is 1.85. The van der Waals surface area contributed by atoms with E-state index in [0.717, 1.165) is 6.54 Å². The van der Waals surface area contributed by atoms with E-state index in [4.69, 9.17) is 0 Å². The predicted octanol–water partition coefficient (Wildman–Crippen LogP) is 0.0813. The predicted molar refractivity (Wildman–Crippen MR) is 51.5 cm³/mol. The number of hydrogen-bond donors (Lipinski definition) is 2. The summed E-state index contributed by atoms with van der Waals surface area (Å²) < 4.78 is 0. The highest BCUT2D eigenvalue weighted by atomic mass is 16.2. The molecular weight excluding hydrogens is 168 g/mol. The lowest BCUT2D eigenvalue weighted by Gasteiger charge is -2.03. The molecule has 0 aromatic rings. The van der Waals surface area contributed by atoms with E-state index in [1.54, 1.807) is 0 Å². The molecule has 4 nitrogen and oxygen atoms in total. The second-order valence-corrected chi connectivity index (χ2v) is 2.77. The standard InChI is InChI=1S/C9H18N2O2/c1-3-8(12)5-6-11-9(13)7-10-4-2/h10H,3-7H2,1-2H3,(H,11,13). The first-order valence-electron chi connectivity index (χ1n) is 4.69. The lowest BCUT2D eigenvalue weighted by molar-refractivity contribution is -0.120. The van der Waals surface area contributed by atoms with Gasteiger partial charge in [0.15, 0.2) is 0 Å². The van der Waals surface area contributed by atoms with Crippen LogP contribution < -0.4 is 10.6 Å². The fraction of sp³-hybridized carbons (Fsp3) is 0.778. The largest absolute Gasteiger partial charge is 0.355 e. The monoisotopic (exact) mass is 186 g/mol. The van der Waals surface area contributed by atoms with Gasteiger partial charge in [-0.1, -0.05) is 13.8 Å². The smallest absolute Gasteiger partial charge is 0.233 e. The first-order chi connectivity index (χ1) is 6.20. The zero-order chi connectivity index (χ0) is 10.1. The van der Waals surface area contributed by atoms with Crippen molar-refractivity contribution in [3.8, 4) is 0 Å². The second kappa shape index (κ2) is 7.73. The average Bonchev–Trinajstić information content (AvgIpc) is 2.14. The highest BCUT2D eigenvalue weighted by molar-refractivity contribution is 5.80. The fourth-order valence-corrected chi connectivity index (χ4v) is 0.819. The van der Waals surface area contributed by atoms with E-state index in [2.05, 4.69) is 10.6 Å². The maximum absolute atomic E-state index is 11.0. The third-order valence-corrected chi connectivity index (χ3v) is 1.66. The molecule has 76 valence electrons. The van der Waals surface area contributed by atoms with Crippen LogP contribution in [0.4, 0.5) is 0 Å². The van der Waals surface area contributed by atoms with Crippen LogP contribution in [0.15, 0.2) is 0 Å². The van der Waals surface area contributed by atoms with Crippen molar-refractivity contribution in [3.63, 3.8) is 0 Å². The molecule has 0 spiro atoms. The van der Waals surface area contributed by atoms with Crippen LogP contribution in [0.1, 0.15) is 26.7 Å². The van der Waals surface area contributed by atoms with E-state index in [0.29, 0.717) is 25.9 Å². The van der Waals surface area contributed by atoms with Crippen LogP contribution in [0.25, 0.3) is 0 Å². The fourth-order valence-electron chi connectivity index (χ4n) is 0.819. The molecule has 0 aliphatic carbocycles. The van der Waals surface area contributed by atoms with Crippen molar-refractivity contribution in [2.45, 2.75) is 26.7 Å². The van der Waals surface area contributed by atoms with Gasteiger partial charge in [0.05, 0.1) is 6.54 Å². The molecule has 0 atom stereocenters. The summed E-state index contributed by atoms with van der Waals surface area (Å²) in [5.74, 6) is 0.134. The Hall–Kier alpha value is -0.900. The van der Waals surface area contributed by atoms with Gasteiger partial charge in [-0.25, -0.2) is 0 Å². The normalized spacial score (nSPS) is 9.69. The van der Waals surface area contributed by atoms with Gasteiger partial charge in [-0.15, -0.1) is 0 Å². The Balaban J connectivity index is 3.31. The average molecular weight is 186 g/mol. The summed E-state index contributed by atoms with van der Waals surface area (Å²) in [4.78, 5) is 21.8. The minimum Gasteiger partial charge on any atom is -0.355 e. The molecule has 2 N–H and O–H groups in total. The van der Waals surface area contributed by atoms with E-state index in [-0.39, 0.29) is 11.7 Å². The SMILES string of the molecule is CCNCC(=O)NCCC(=O)CC. The molecule has 0 rings (SSSR count). The molecule has 0 radical (unpaired) electrons. The van der Waals surface area contributed by atoms with Gasteiger partial charge < -0.3 is 10.6 Å². The molecule has 0 bridgehead atoms. The summed E-state index contributed by atoms with van der Waals surface area (Å²) in [7, 11) is 0. The Labute approximate surface area is 79.1 Å². The van der Waals surface area contributed by atoms with E-state index in [9.17, 15) is 9.59 Å². The van der Waals surface area contributed by atoms with Crippen LogP contribution in [-0.4, -0.2) is 31.3 Å². The van der Waals surface area contributed by atoms with Gasteiger partial charge in [0, 0.05) is 19.4 Å². The molecule has 0 heterocycles. The van der Waals surface area contributed by atoms with Crippen LogP contribution in [-0.2, 0) is 9.59 Å². The number of carbonyl (C=O) groups is 2. The van der Waals surface area contributed by atoms with E-state index < -0.39 is 0 Å². The van der Waals surface area contributed by atoms with Crippen LogP contribution in [0, 0.1) is 0 Å². The molecule has 0 aliphatic rings. The number of nitrogens with one attached hydrogen (secondary N) is 2. The van der Waals surface area contributed by atoms with Gasteiger partial charge in [0.2, 0.25) is 5.91 Å². The van der Waals surface area contributed by atoms with E-state index in [1.807, 2.05) is 13.8 Å². The third-order valence-electron chi connectivity index (χ3n) is 1.66. The van der Waals surface area contributed by atoms with Gasteiger partial charge >= 0.3 is 0 Å². The maximum Gasteiger partial charge on any atom is 0.233 e. The summed E-state index contributed by atoms with van der Waals surface area (Å²) in [6, 6.07) is 0. The Morgan fingerprint density at radius 3 is 2.46 bits per heavy atom. The lowest BCUT2D eigenvalue weighted by Crippen LogP contribution is -2.34. The molecule has 0 saturated carbocycles. The Bertz CT molecular complexity index is 169. The minimum absolute atomic E-state index is 0.0502. The summed E-state index contributed by atoms with van der Waals surface area (Å²) in [6.07, 6.45) is 0.984. The molecule has 13 heavy (non-hydrogen) atoms. The molecule has 0 aromatic heterocycles. The number of carbonyl (C=O) groups excluding carboxylic acids is 2. The van der Waals surface area contributed by atoms with Gasteiger partial charge in [-0.3, -0.25) is 9.59 Å². The number of likely N-dealkylation sites (N-methyl/N-ethyl adjacent to an activating group) is 1. The third kappa shape index (κ3) is 7.46. The Morgan fingerprint density at radius 1 is 1.23 bits per heavy atom.